The Morgan fingerprint density at radius 3 is 2.32 bits per heavy atom. The summed E-state index contributed by atoms with van der Waals surface area (Å²) in [6.45, 7) is 10.9. The molecule has 2 heterocycles. The third kappa shape index (κ3) is 3.74. The first-order chi connectivity index (χ1) is 19.1. The molecule has 2 saturated heterocycles. The fourth-order valence-corrected chi connectivity index (χ4v) is 9.15. The van der Waals surface area contributed by atoms with Gasteiger partial charge in [-0.2, -0.15) is 0 Å². The van der Waals surface area contributed by atoms with Crippen LogP contribution < -0.4 is 0 Å². The number of ketones is 1. The van der Waals surface area contributed by atoms with Gasteiger partial charge in [-0.3, -0.25) is 4.79 Å². The average molecular weight is 577 g/mol. The molecule has 11 heteroatoms. The lowest BCUT2D eigenvalue weighted by Gasteiger charge is -2.67. The standard InChI is InChI=1S/C30H40O11/c1-12(2)15(13(3)4)8-19(32)41-22-24-29-11-39-30(24,27(37)38-7)25(35)21(34)23(29)28(6)10-17(31)20(33)14(5)16(28)9-18(29)40-26(22)36/h8,12-13,16,18,21-25,33-35H,9-11H2,1-7H3/t16-,18+,21+,22+,23+,24?,25-,28-,29+,30-/m0/s1. The van der Waals surface area contributed by atoms with E-state index in [9.17, 15) is 34.5 Å². The lowest BCUT2D eigenvalue weighted by atomic mass is 9.38. The number of ether oxygens (including phenoxy) is 4. The zero-order valence-electron chi connectivity index (χ0n) is 24.5. The maximum Gasteiger partial charge on any atom is 0.348 e. The van der Waals surface area contributed by atoms with E-state index in [1.54, 1.807) is 13.8 Å². The summed E-state index contributed by atoms with van der Waals surface area (Å²) in [5, 5.41) is 33.9. The molecule has 0 radical (unpaired) electrons. The van der Waals surface area contributed by atoms with Crippen LogP contribution in [-0.2, 0) is 38.1 Å². The van der Waals surface area contributed by atoms with Crippen LogP contribution in [0.5, 0.6) is 0 Å². The van der Waals surface area contributed by atoms with Crippen LogP contribution in [0.3, 0.4) is 0 Å². The maximum atomic E-state index is 13.6. The molecule has 2 aliphatic heterocycles. The lowest BCUT2D eigenvalue weighted by Crippen LogP contribution is -2.79. The Morgan fingerprint density at radius 1 is 1.10 bits per heavy atom. The average Bonchev–Trinajstić information content (AvgIpc) is 3.20. The van der Waals surface area contributed by atoms with E-state index in [2.05, 4.69) is 0 Å². The molecule has 10 atom stereocenters. The van der Waals surface area contributed by atoms with Crippen LogP contribution in [0.2, 0.25) is 0 Å². The van der Waals surface area contributed by atoms with Gasteiger partial charge in [0.2, 0.25) is 11.7 Å². The van der Waals surface area contributed by atoms with E-state index < -0.39 is 82.3 Å². The van der Waals surface area contributed by atoms with Gasteiger partial charge in [0.1, 0.15) is 12.2 Å². The van der Waals surface area contributed by atoms with Crippen molar-refractivity contribution in [2.24, 2.45) is 40.4 Å². The third-order valence-electron chi connectivity index (χ3n) is 10.7. The number of fused-ring (bicyclic) bond motifs is 2. The molecule has 1 unspecified atom stereocenters. The smallest absolute Gasteiger partial charge is 0.348 e. The van der Waals surface area contributed by atoms with E-state index in [4.69, 9.17) is 18.9 Å². The molecule has 1 spiro atoms. The first-order valence-electron chi connectivity index (χ1n) is 14.2. The van der Waals surface area contributed by atoms with E-state index >= 15 is 0 Å². The molecule has 5 aliphatic rings. The van der Waals surface area contributed by atoms with Crippen LogP contribution in [0.15, 0.2) is 23.0 Å². The van der Waals surface area contributed by atoms with E-state index in [1.165, 1.54) is 6.08 Å². The van der Waals surface area contributed by atoms with Gasteiger partial charge >= 0.3 is 17.9 Å². The van der Waals surface area contributed by atoms with Crippen molar-refractivity contribution in [1.29, 1.82) is 0 Å². The highest BCUT2D eigenvalue weighted by molar-refractivity contribution is 5.95. The summed E-state index contributed by atoms with van der Waals surface area (Å²) >= 11 is 0. The predicted octanol–water partition coefficient (Wildman–Crippen LogP) is 1.79. The number of rotatable bonds is 5. The summed E-state index contributed by atoms with van der Waals surface area (Å²) in [4.78, 5) is 53.3. The Hall–Kier alpha value is -2.76. The number of aliphatic hydroxyl groups excluding tert-OH is 3. The van der Waals surface area contributed by atoms with Crippen molar-refractivity contribution in [3.63, 3.8) is 0 Å². The van der Waals surface area contributed by atoms with Gasteiger partial charge in [0.25, 0.3) is 0 Å². The minimum atomic E-state index is -2.23. The van der Waals surface area contributed by atoms with Gasteiger partial charge in [0.15, 0.2) is 11.5 Å². The number of hydrogen-bond acceptors (Lipinski definition) is 11. The second kappa shape index (κ2) is 9.64. The number of Topliss-reactive ketones (excluding diaryl/α,β-unsaturated/α-hetero) is 1. The monoisotopic (exact) mass is 576 g/mol. The molecule has 5 rings (SSSR count). The summed E-state index contributed by atoms with van der Waals surface area (Å²) in [5.41, 5.74) is -3.35. The summed E-state index contributed by atoms with van der Waals surface area (Å²) < 4.78 is 22.9. The topological polar surface area (TPSA) is 166 Å². The lowest BCUT2D eigenvalue weighted by molar-refractivity contribution is -0.290. The number of methoxy groups -OCH3 is 1. The second-order valence-electron chi connectivity index (χ2n) is 13.2. The highest BCUT2D eigenvalue weighted by Crippen LogP contribution is 2.72. The molecule has 41 heavy (non-hydrogen) atoms. The maximum absolute atomic E-state index is 13.6. The van der Waals surface area contributed by atoms with Crippen molar-refractivity contribution in [3.05, 3.63) is 23.0 Å². The molecular formula is C30H40O11. The molecule has 2 bridgehead atoms. The fourth-order valence-electron chi connectivity index (χ4n) is 9.15. The molecule has 0 aromatic heterocycles. The van der Waals surface area contributed by atoms with Crippen molar-refractivity contribution in [3.8, 4) is 0 Å². The van der Waals surface area contributed by atoms with E-state index in [0.29, 0.717) is 5.57 Å². The van der Waals surface area contributed by atoms with Crippen molar-refractivity contribution in [2.75, 3.05) is 13.7 Å². The Bertz CT molecular complexity index is 1240. The van der Waals surface area contributed by atoms with Crippen molar-refractivity contribution in [1.82, 2.24) is 0 Å². The number of carbonyl (C=O) groups is 4. The normalized spacial score (nSPS) is 42.9. The van der Waals surface area contributed by atoms with E-state index in [0.717, 1.165) is 12.7 Å². The molecule has 0 aromatic rings. The third-order valence-corrected chi connectivity index (χ3v) is 10.7. The molecular weight excluding hydrogens is 536 g/mol. The van der Waals surface area contributed by atoms with Crippen molar-refractivity contribution < 1.29 is 53.4 Å². The van der Waals surface area contributed by atoms with Crippen LogP contribution >= 0.6 is 0 Å². The highest BCUT2D eigenvalue weighted by atomic mass is 16.6. The summed E-state index contributed by atoms with van der Waals surface area (Å²) in [6, 6.07) is 0. The summed E-state index contributed by atoms with van der Waals surface area (Å²) in [6.07, 6.45) is -4.70. The molecule has 4 fully saturated rings. The van der Waals surface area contributed by atoms with Crippen LogP contribution in [0.4, 0.5) is 0 Å². The largest absolute Gasteiger partial charge is 0.504 e. The van der Waals surface area contributed by atoms with Crippen LogP contribution in [0.25, 0.3) is 0 Å². The number of esters is 3. The van der Waals surface area contributed by atoms with Gasteiger partial charge in [0.05, 0.1) is 25.7 Å². The quantitative estimate of drug-likeness (QED) is 0.248. The van der Waals surface area contributed by atoms with Gasteiger partial charge in [0, 0.05) is 23.8 Å². The molecule has 0 amide bonds. The Morgan fingerprint density at radius 2 is 1.73 bits per heavy atom. The van der Waals surface area contributed by atoms with E-state index in [-0.39, 0.29) is 37.0 Å². The zero-order chi connectivity index (χ0) is 30.4. The molecule has 0 aromatic carbocycles. The number of hydrogen-bond donors (Lipinski definition) is 3. The first-order valence-corrected chi connectivity index (χ1v) is 14.2. The van der Waals surface area contributed by atoms with Crippen molar-refractivity contribution in [2.45, 2.75) is 84.4 Å². The molecule has 11 nitrogen and oxygen atoms in total. The second-order valence-corrected chi connectivity index (χ2v) is 13.2. The Balaban J connectivity index is 1.69. The Labute approximate surface area is 238 Å². The molecule has 2 saturated carbocycles. The molecule has 226 valence electrons. The number of allylic oxidation sites excluding steroid dienone is 3. The highest BCUT2D eigenvalue weighted by Gasteiger charge is 2.85. The SMILES string of the molecule is COC(=O)[C@]12OC[C@@]34C1[C@@H](OC(=O)C=C(C(C)C)C(C)C)C(=O)O[C@@H]3C[C@H]1C(C)=C(O)C(=O)C[C@]1(C)[C@H]4[C@@H](O)[C@@H]2O. The van der Waals surface area contributed by atoms with Crippen LogP contribution in [-0.4, -0.2) is 82.7 Å². The summed E-state index contributed by atoms with van der Waals surface area (Å²) in [7, 11) is 1.10. The van der Waals surface area contributed by atoms with Crippen molar-refractivity contribution >= 4 is 23.7 Å². The number of aliphatic hydroxyl groups is 3. The predicted molar refractivity (Wildman–Crippen MR) is 141 cm³/mol. The van der Waals surface area contributed by atoms with Gasteiger partial charge in [-0.1, -0.05) is 40.2 Å². The minimum absolute atomic E-state index is 0.0209. The Kier molecular flexibility index (Phi) is 6.99. The van der Waals surface area contributed by atoms with Crippen LogP contribution in [0.1, 0.15) is 54.4 Å². The fraction of sp³-hybridized carbons (Fsp3) is 0.733. The minimum Gasteiger partial charge on any atom is -0.504 e. The molecule has 3 N–H and O–H groups in total. The van der Waals surface area contributed by atoms with Gasteiger partial charge < -0.3 is 34.3 Å². The van der Waals surface area contributed by atoms with Gasteiger partial charge in [-0.25, -0.2) is 14.4 Å². The zero-order valence-corrected chi connectivity index (χ0v) is 24.5. The van der Waals surface area contributed by atoms with Gasteiger partial charge in [-0.05, 0) is 42.1 Å². The number of carbonyl (C=O) groups excluding carboxylic acids is 4. The first kappa shape index (κ1) is 29.7. The van der Waals surface area contributed by atoms with Gasteiger partial charge in [-0.15, -0.1) is 0 Å². The molecule has 3 aliphatic carbocycles. The summed E-state index contributed by atoms with van der Waals surface area (Å²) in [5.74, 6) is -6.24. The van der Waals surface area contributed by atoms with Crippen LogP contribution in [0, 0.1) is 40.4 Å². The van der Waals surface area contributed by atoms with E-state index in [1.807, 2.05) is 27.7 Å².